The van der Waals surface area contributed by atoms with Gasteiger partial charge in [0.1, 0.15) is 6.61 Å². The molecule has 19 heavy (non-hydrogen) atoms. The van der Waals surface area contributed by atoms with Crippen LogP contribution in [0.25, 0.3) is 0 Å². The van der Waals surface area contributed by atoms with Crippen LogP contribution < -0.4 is 0 Å². The number of ether oxygens (including phenoxy) is 1. The van der Waals surface area contributed by atoms with E-state index in [1.54, 1.807) is 12.2 Å². The highest BCUT2D eigenvalue weighted by Gasteiger charge is 2.14. The van der Waals surface area contributed by atoms with Crippen LogP contribution in [0.15, 0.2) is 49.1 Å². The molecular formula is C16H24O3. The first-order valence-electron chi connectivity index (χ1n) is 6.32. The lowest BCUT2D eigenvalue weighted by molar-refractivity contribution is -0.137. The molecule has 106 valence electrons. The largest absolute Gasteiger partial charge is 0.458 e. The predicted molar refractivity (Wildman–Crippen MR) is 78.7 cm³/mol. The van der Waals surface area contributed by atoms with Crippen molar-refractivity contribution in [3.8, 4) is 0 Å². The maximum Gasteiger partial charge on any atom is 0.337 e. The Balaban J connectivity index is 4.19. The number of carbonyl (C=O) groups excluding carboxylic acids is 1. The first kappa shape index (κ1) is 17.4. The third-order valence-corrected chi connectivity index (χ3v) is 2.53. The molecule has 0 saturated carbocycles. The van der Waals surface area contributed by atoms with Gasteiger partial charge in [-0.25, -0.2) is 4.79 Å². The van der Waals surface area contributed by atoms with Crippen molar-refractivity contribution in [1.82, 2.24) is 0 Å². The van der Waals surface area contributed by atoms with E-state index in [0.717, 1.165) is 12.8 Å². The second-order valence-corrected chi connectivity index (χ2v) is 5.04. The van der Waals surface area contributed by atoms with E-state index in [9.17, 15) is 4.79 Å². The van der Waals surface area contributed by atoms with Crippen molar-refractivity contribution in [1.29, 1.82) is 0 Å². The Morgan fingerprint density at radius 2 is 1.89 bits per heavy atom. The Morgan fingerprint density at radius 1 is 1.26 bits per heavy atom. The van der Waals surface area contributed by atoms with Crippen LogP contribution in [0.2, 0.25) is 0 Å². The van der Waals surface area contributed by atoms with Crippen molar-refractivity contribution in [2.45, 2.75) is 26.7 Å². The van der Waals surface area contributed by atoms with Gasteiger partial charge in [0.15, 0.2) is 0 Å². The standard InChI is InChI=1S/C16H24O3/c1-5-13-19-15(18)14(2)9-8-11-16(3,4)10-6-7-12-17/h5-9,17H,1-2,10-13H2,3-4H3. The molecule has 0 aromatic carbocycles. The summed E-state index contributed by atoms with van der Waals surface area (Å²) in [6, 6.07) is 0. The van der Waals surface area contributed by atoms with Crippen LogP contribution in [0, 0.1) is 5.41 Å². The van der Waals surface area contributed by atoms with E-state index in [1.807, 2.05) is 12.2 Å². The summed E-state index contributed by atoms with van der Waals surface area (Å²) in [5.41, 5.74) is 0.413. The van der Waals surface area contributed by atoms with Crippen LogP contribution in [0.3, 0.4) is 0 Å². The predicted octanol–water partition coefficient (Wildman–Crippen LogP) is 3.18. The van der Waals surface area contributed by atoms with Crippen LogP contribution >= 0.6 is 0 Å². The minimum atomic E-state index is -0.422. The molecule has 0 aliphatic heterocycles. The smallest absolute Gasteiger partial charge is 0.337 e. The van der Waals surface area contributed by atoms with Crippen molar-refractivity contribution in [3.63, 3.8) is 0 Å². The zero-order valence-electron chi connectivity index (χ0n) is 11.9. The third kappa shape index (κ3) is 9.03. The second-order valence-electron chi connectivity index (χ2n) is 5.04. The van der Waals surface area contributed by atoms with Crippen LogP contribution in [0.5, 0.6) is 0 Å². The van der Waals surface area contributed by atoms with E-state index in [-0.39, 0.29) is 18.6 Å². The van der Waals surface area contributed by atoms with Gasteiger partial charge in [-0.1, -0.05) is 57.4 Å². The summed E-state index contributed by atoms with van der Waals surface area (Å²) in [4.78, 5) is 11.4. The van der Waals surface area contributed by atoms with Gasteiger partial charge in [0.05, 0.1) is 12.2 Å². The lowest BCUT2D eigenvalue weighted by Crippen LogP contribution is -2.09. The molecule has 1 N–H and O–H groups in total. The molecule has 0 rings (SSSR count). The monoisotopic (exact) mass is 264 g/mol. The van der Waals surface area contributed by atoms with Gasteiger partial charge in [-0.15, -0.1) is 0 Å². The molecule has 0 atom stereocenters. The maximum atomic E-state index is 11.4. The van der Waals surface area contributed by atoms with E-state index in [1.165, 1.54) is 6.08 Å². The molecule has 0 aliphatic rings. The molecule has 0 amide bonds. The van der Waals surface area contributed by atoms with Gasteiger partial charge < -0.3 is 9.84 Å². The first-order valence-corrected chi connectivity index (χ1v) is 6.32. The Labute approximate surface area is 116 Å². The molecule has 0 bridgehead atoms. The number of allylic oxidation sites excluding steroid dienone is 2. The highest BCUT2D eigenvalue weighted by atomic mass is 16.5. The molecule has 0 spiro atoms. The SMILES string of the molecule is C=CCOC(=O)C(=C)C=CCC(C)(C)CC=CCO. The Kier molecular flexibility index (Phi) is 8.55. The summed E-state index contributed by atoms with van der Waals surface area (Å²) in [5.74, 6) is -0.422. The fourth-order valence-electron chi connectivity index (χ4n) is 1.38. The number of hydrogen-bond donors (Lipinski definition) is 1. The molecule has 0 aromatic rings. The van der Waals surface area contributed by atoms with E-state index in [0.29, 0.717) is 5.57 Å². The molecule has 0 aromatic heterocycles. The van der Waals surface area contributed by atoms with E-state index in [4.69, 9.17) is 9.84 Å². The van der Waals surface area contributed by atoms with E-state index in [2.05, 4.69) is 27.0 Å². The number of esters is 1. The second kappa shape index (κ2) is 9.34. The van der Waals surface area contributed by atoms with Crippen molar-refractivity contribution < 1.29 is 14.6 Å². The minimum Gasteiger partial charge on any atom is -0.458 e. The van der Waals surface area contributed by atoms with E-state index < -0.39 is 5.97 Å². The number of carbonyl (C=O) groups is 1. The average Bonchev–Trinajstić information content (AvgIpc) is 2.35. The molecule has 0 fully saturated rings. The van der Waals surface area contributed by atoms with Crippen molar-refractivity contribution in [2.75, 3.05) is 13.2 Å². The molecule has 0 heterocycles. The molecule has 3 heteroatoms. The number of aliphatic hydroxyl groups excluding tert-OH is 1. The van der Waals surface area contributed by atoms with Gasteiger partial charge in [0, 0.05) is 0 Å². The topological polar surface area (TPSA) is 46.5 Å². The first-order chi connectivity index (χ1) is 8.93. The minimum absolute atomic E-state index is 0.0673. The Hall–Kier alpha value is -1.61. The zero-order chi connectivity index (χ0) is 14.7. The molecule has 0 unspecified atom stereocenters. The van der Waals surface area contributed by atoms with Gasteiger partial charge in [0.25, 0.3) is 0 Å². The molecule has 0 saturated heterocycles. The van der Waals surface area contributed by atoms with Crippen molar-refractivity contribution in [2.24, 2.45) is 5.41 Å². The number of aliphatic hydroxyl groups is 1. The van der Waals surface area contributed by atoms with Crippen molar-refractivity contribution >= 4 is 5.97 Å². The highest BCUT2D eigenvalue weighted by molar-refractivity contribution is 5.90. The Morgan fingerprint density at radius 3 is 2.47 bits per heavy atom. The average molecular weight is 264 g/mol. The summed E-state index contributed by atoms with van der Waals surface area (Å²) in [6.07, 6.45) is 10.5. The van der Waals surface area contributed by atoms with Gasteiger partial charge in [0.2, 0.25) is 0 Å². The lowest BCUT2D eigenvalue weighted by Gasteiger charge is -2.20. The van der Waals surface area contributed by atoms with Gasteiger partial charge >= 0.3 is 5.97 Å². The number of hydrogen-bond acceptors (Lipinski definition) is 3. The van der Waals surface area contributed by atoms with Crippen LogP contribution in [-0.4, -0.2) is 24.3 Å². The van der Waals surface area contributed by atoms with Crippen LogP contribution in [0.1, 0.15) is 26.7 Å². The lowest BCUT2D eigenvalue weighted by atomic mass is 9.85. The fraction of sp³-hybridized carbons (Fsp3) is 0.438. The summed E-state index contributed by atoms with van der Waals surface area (Å²) in [5, 5.41) is 8.67. The maximum absolute atomic E-state index is 11.4. The summed E-state index contributed by atoms with van der Waals surface area (Å²) < 4.78 is 4.87. The van der Waals surface area contributed by atoms with Crippen LogP contribution in [-0.2, 0) is 9.53 Å². The Bertz CT molecular complexity index is 362. The molecule has 0 radical (unpaired) electrons. The number of rotatable bonds is 9. The third-order valence-electron chi connectivity index (χ3n) is 2.53. The molecule has 0 aliphatic carbocycles. The fourth-order valence-corrected chi connectivity index (χ4v) is 1.38. The highest BCUT2D eigenvalue weighted by Crippen LogP contribution is 2.26. The van der Waals surface area contributed by atoms with Gasteiger partial charge in [-0.3, -0.25) is 0 Å². The zero-order valence-corrected chi connectivity index (χ0v) is 11.9. The van der Waals surface area contributed by atoms with E-state index >= 15 is 0 Å². The quantitative estimate of drug-likeness (QED) is 0.301. The molecular weight excluding hydrogens is 240 g/mol. The van der Waals surface area contributed by atoms with Gasteiger partial charge in [-0.2, -0.15) is 0 Å². The summed E-state index contributed by atoms with van der Waals surface area (Å²) in [6.45, 7) is 11.6. The van der Waals surface area contributed by atoms with Crippen molar-refractivity contribution in [3.05, 3.63) is 49.1 Å². The van der Waals surface area contributed by atoms with Gasteiger partial charge in [-0.05, 0) is 18.3 Å². The summed E-state index contributed by atoms with van der Waals surface area (Å²) in [7, 11) is 0. The van der Waals surface area contributed by atoms with Crippen LogP contribution in [0.4, 0.5) is 0 Å². The summed E-state index contributed by atoms with van der Waals surface area (Å²) >= 11 is 0. The molecule has 3 nitrogen and oxygen atoms in total. The normalized spacial score (nSPS) is 11.9.